The van der Waals surface area contributed by atoms with Crippen molar-refractivity contribution in [1.29, 1.82) is 0 Å². The number of hydrogen-bond acceptors (Lipinski definition) is 4. The lowest BCUT2D eigenvalue weighted by Gasteiger charge is -2.16. The van der Waals surface area contributed by atoms with E-state index in [1.54, 1.807) is 18.5 Å². The third-order valence-corrected chi connectivity index (χ3v) is 6.45. The van der Waals surface area contributed by atoms with Crippen LogP contribution >= 0.6 is 0 Å². The van der Waals surface area contributed by atoms with Gasteiger partial charge in [0.1, 0.15) is 6.61 Å². The van der Waals surface area contributed by atoms with Crippen molar-refractivity contribution >= 4 is 28.5 Å². The highest BCUT2D eigenvalue weighted by atomic mass is 16.5. The van der Waals surface area contributed by atoms with E-state index >= 15 is 0 Å². The zero-order chi connectivity index (χ0) is 24.2. The summed E-state index contributed by atoms with van der Waals surface area (Å²) in [7, 11) is 1.47. The molecule has 0 spiro atoms. The summed E-state index contributed by atoms with van der Waals surface area (Å²) in [5, 5.41) is 6.07. The third kappa shape index (κ3) is 4.95. The number of methoxy groups -OCH3 is 1. The molecule has 3 aromatic carbocycles. The maximum atomic E-state index is 13.3. The Morgan fingerprint density at radius 2 is 1.89 bits per heavy atom. The van der Waals surface area contributed by atoms with E-state index in [9.17, 15) is 9.59 Å². The number of amides is 2. The maximum Gasteiger partial charge on any atom is 0.251 e. The number of aromatic nitrogens is 2. The Balaban J connectivity index is 1.43. The molecule has 2 amide bonds. The zero-order valence-corrected chi connectivity index (χ0v) is 19.7. The topological polar surface area (TPSA) is 85.2 Å². The second-order valence-electron chi connectivity index (χ2n) is 8.81. The summed E-state index contributed by atoms with van der Waals surface area (Å²) in [5.74, 6) is -0.471. The summed E-state index contributed by atoms with van der Waals surface area (Å²) in [6, 6.07) is 21.9. The smallest absolute Gasteiger partial charge is 0.251 e. The summed E-state index contributed by atoms with van der Waals surface area (Å²) in [6.07, 6.45) is 4.40. The second kappa shape index (κ2) is 10.1. The van der Waals surface area contributed by atoms with Crippen LogP contribution in [0.25, 0.3) is 11.0 Å². The number of anilines is 1. The number of nitrogens with zero attached hydrogens (tertiary/aromatic N) is 2. The highest BCUT2D eigenvalue weighted by Gasteiger charge is 2.25. The molecule has 0 saturated carbocycles. The molecule has 0 bridgehead atoms. The molecule has 1 aliphatic rings. The van der Waals surface area contributed by atoms with Gasteiger partial charge in [-0.1, -0.05) is 54.6 Å². The normalized spacial score (nSPS) is 14.6. The standard InChI is InChI=1S/C28H28N4O3/c1-35-17-26(33)30-25-16-21(28(34)31-23-12-11-20-9-5-6-10-22(20)23)15-24-27(25)32(18-29-24)14-13-19-7-3-2-4-8-19/h2-10,15-16,18,23H,11-14,17H2,1H3,(H,30,33)(H,31,34)/t23-/m1/s1. The van der Waals surface area contributed by atoms with E-state index in [-0.39, 0.29) is 24.5 Å². The van der Waals surface area contributed by atoms with E-state index in [1.807, 2.05) is 34.9 Å². The van der Waals surface area contributed by atoms with E-state index in [1.165, 1.54) is 23.8 Å². The first-order chi connectivity index (χ1) is 17.1. The molecule has 2 N–H and O–H groups in total. The molecule has 5 rings (SSSR count). The zero-order valence-electron chi connectivity index (χ0n) is 19.7. The van der Waals surface area contributed by atoms with Crippen molar-refractivity contribution < 1.29 is 14.3 Å². The summed E-state index contributed by atoms with van der Waals surface area (Å²) in [6.45, 7) is 0.618. The fourth-order valence-corrected chi connectivity index (χ4v) is 4.77. The number of carbonyl (C=O) groups excluding carboxylic acids is 2. The van der Waals surface area contributed by atoms with Crippen LogP contribution < -0.4 is 10.6 Å². The Morgan fingerprint density at radius 1 is 1.09 bits per heavy atom. The molecule has 0 unspecified atom stereocenters. The summed E-state index contributed by atoms with van der Waals surface area (Å²) >= 11 is 0. The van der Waals surface area contributed by atoms with Crippen molar-refractivity contribution in [3.8, 4) is 0 Å². The number of carbonyl (C=O) groups is 2. The van der Waals surface area contributed by atoms with Crippen LogP contribution in [0.3, 0.4) is 0 Å². The molecule has 0 radical (unpaired) electrons. The monoisotopic (exact) mass is 468 g/mol. The van der Waals surface area contributed by atoms with Gasteiger partial charge in [0, 0.05) is 19.2 Å². The predicted molar refractivity (Wildman–Crippen MR) is 135 cm³/mol. The lowest BCUT2D eigenvalue weighted by atomic mass is 10.1. The molecule has 178 valence electrons. The van der Waals surface area contributed by atoms with Crippen LogP contribution in [0.2, 0.25) is 0 Å². The molecule has 1 aliphatic carbocycles. The van der Waals surface area contributed by atoms with Crippen LogP contribution in [-0.2, 0) is 28.9 Å². The van der Waals surface area contributed by atoms with Crippen molar-refractivity contribution in [3.63, 3.8) is 0 Å². The van der Waals surface area contributed by atoms with E-state index in [0.29, 0.717) is 23.3 Å². The van der Waals surface area contributed by atoms with Gasteiger partial charge in [-0.15, -0.1) is 0 Å². The number of imidazole rings is 1. The second-order valence-corrected chi connectivity index (χ2v) is 8.81. The van der Waals surface area contributed by atoms with E-state index in [0.717, 1.165) is 24.8 Å². The quantitative estimate of drug-likeness (QED) is 0.404. The highest BCUT2D eigenvalue weighted by molar-refractivity contribution is 6.05. The minimum Gasteiger partial charge on any atom is -0.375 e. The number of nitrogens with one attached hydrogen (secondary N) is 2. The molecule has 7 nitrogen and oxygen atoms in total. The van der Waals surface area contributed by atoms with Gasteiger partial charge in [-0.25, -0.2) is 4.98 Å². The van der Waals surface area contributed by atoms with Gasteiger partial charge < -0.3 is 19.9 Å². The number of benzene rings is 3. The fourth-order valence-electron chi connectivity index (χ4n) is 4.77. The molecular formula is C28H28N4O3. The van der Waals surface area contributed by atoms with Crippen molar-refractivity contribution in [2.24, 2.45) is 0 Å². The third-order valence-electron chi connectivity index (χ3n) is 6.45. The van der Waals surface area contributed by atoms with Gasteiger partial charge in [-0.05, 0) is 48.1 Å². The van der Waals surface area contributed by atoms with Gasteiger partial charge in [0.15, 0.2) is 0 Å². The largest absolute Gasteiger partial charge is 0.375 e. The van der Waals surface area contributed by atoms with E-state index in [2.05, 4.69) is 39.9 Å². The first-order valence-corrected chi connectivity index (χ1v) is 11.8. The van der Waals surface area contributed by atoms with E-state index < -0.39 is 0 Å². The Bertz CT molecular complexity index is 1360. The maximum absolute atomic E-state index is 13.3. The molecule has 0 fully saturated rings. The Hall–Kier alpha value is -3.97. The number of fused-ring (bicyclic) bond motifs is 2. The molecule has 0 aliphatic heterocycles. The first-order valence-electron chi connectivity index (χ1n) is 11.8. The average molecular weight is 469 g/mol. The van der Waals surface area contributed by atoms with Gasteiger partial charge in [0.2, 0.25) is 5.91 Å². The van der Waals surface area contributed by atoms with Crippen molar-refractivity contribution in [3.05, 3.63) is 95.3 Å². The Morgan fingerprint density at radius 3 is 2.71 bits per heavy atom. The lowest BCUT2D eigenvalue weighted by Crippen LogP contribution is -2.27. The van der Waals surface area contributed by atoms with Crippen LogP contribution in [-0.4, -0.2) is 35.1 Å². The lowest BCUT2D eigenvalue weighted by molar-refractivity contribution is -0.119. The van der Waals surface area contributed by atoms with Crippen LogP contribution in [0.4, 0.5) is 5.69 Å². The fraction of sp³-hybridized carbons (Fsp3) is 0.250. The van der Waals surface area contributed by atoms with Crippen LogP contribution in [0.5, 0.6) is 0 Å². The molecule has 1 aromatic heterocycles. The molecule has 0 saturated heterocycles. The first kappa shape index (κ1) is 22.8. The van der Waals surface area contributed by atoms with Crippen LogP contribution in [0.15, 0.2) is 73.1 Å². The minimum atomic E-state index is -0.285. The Labute approximate surface area is 204 Å². The SMILES string of the molecule is COCC(=O)Nc1cc(C(=O)N[C@@H]2CCc3ccccc32)cc2ncn(CCc3ccccc3)c12. The average Bonchev–Trinajstić information content (AvgIpc) is 3.48. The molecule has 35 heavy (non-hydrogen) atoms. The molecule has 4 aromatic rings. The summed E-state index contributed by atoms with van der Waals surface area (Å²) < 4.78 is 7.00. The number of hydrogen-bond donors (Lipinski definition) is 2. The van der Waals surface area contributed by atoms with Crippen LogP contribution in [0.1, 0.15) is 39.5 Å². The van der Waals surface area contributed by atoms with Gasteiger partial charge in [-0.2, -0.15) is 0 Å². The summed E-state index contributed by atoms with van der Waals surface area (Å²) in [5.41, 5.74) is 6.11. The summed E-state index contributed by atoms with van der Waals surface area (Å²) in [4.78, 5) is 30.2. The van der Waals surface area contributed by atoms with Gasteiger partial charge in [0.05, 0.1) is 29.1 Å². The highest BCUT2D eigenvalue weighted by Crippen LogP contribution is 2.32. The van der Waals surface area contributed by atoms with Crippen molar-refractivity contribution in [2.75, 3.05) is 19.0 Å². The van der Waals surface area contributed by atoms with Crippen molar-refractivity contribution in [2.45, 2.75) is 31.8 Å². The number of rotatable bonds is 8. The molecule has 7 heteroatoms. The number of aryl methyl sites for hydroxylation is 3. The van der Waals surface area contributed by atoms with Crippen molar-refractivity contribution in [1.82, 2.24) is 14.9 Å². The molecular weight excluding hydrogens is 440 g/mol. The van der Waals surface area contributed by atoms with Gasteiger partial charge in [0.25, 0.3) is 5.91 Å². The minimum absolute atomic E-state index is 0.0237. The van der Waals surface area contributed by atoms with Crippen LogP contribution in [0, 0.1) is 0 Å². The molecule has 1 atom stereocenters. The molecule has 1 heterocycles. The number of ether oxygens (including phenoxy) is 1. The predicted octanol–water partition coefficient (Wildman–Crippen LogP) is 4.28. The Kier molecular flexibility index (Phi) is 6.59. The van der Waals surface area contributed by atoms with Gasteiger partial charge >= 0.3 is 0 Å². The van der Waals surface area contributed by atoms with Gasteiger partial charge in [-0.3, -0.25) is 9.59 Å². The van der Waals surface area contributed by atoms with E-state index in [4.69, 9.17) is 4.74 Å².